The largest absolute Gasteiger partial charge is 0.618 e. The first kappa shape index (κ1) is 9.77. The van der Waals surface area contributed by atoms with Crippen molar-refractivity contribution in [3.8, 4) is 11.5 Å². The van der Waals surface area contributed by atoms with Gasteiger partial charge in [-0.15, -0.1) is 0 Å². The SMILES string of the molecule is CCc1ccc(-c2ccc(C)c[n+]2[O-])o1. The fraction of sp³-hybridized carbons (Fsp3) is 0.250. The summed E-state index contributed by atoms with van der Waals surface area (Å²) in [6, 6.07) is 7.41. The Hall–Kier alpha value is -1.77. The predicted molar refractivity (Wildman–Crippen MR) is 57.2 cm³/mol. The van der Waals surface area contributed by atoms with Gasteiger partial charge in [-0.05, 0) is 25.1 Å². The molecule has 0 aliphatic heterocycles. The number of rotatable bonds is 2. The minimum absolute atomic E-state index is 0.556. The van der Waals surface area contributed by atoms with Crippen LogP contribution in [0.1, 0.15) is 18.2 Å². The molecule has 0 N–H and O–H groups in total. The second-order valence-corrected chi connectivity index (χ2v) is 3.54. The molecule has 3 heteroatoms. The summed E-state index contributed by atoms with van der Waals surface area (Å²) in [5, 5.41) is 11.6. The van der Waals surface area contributed by atoms with Crippen molar-refractivity contribution in [2.24, 2.45) is 0 Å². The number of aromatic nitrogens is 1. The van der Waals surface area contributed by atoms with Gasteiger partial charge in [0, 0.05) is 18.1 Å². The highest BCUT2D eigenvalue weighted by Gasteiger charge is 2.12. The third kappa shape index (κ3) is 1.86. The Labute approximate surface area is 88.6 Å². The third-order valence-electron chi connectivity index (χ3n) is 2.32. The first-order valence-corrected chi connectivity index (χ1v) is 4.99. The normalized spacial score (nSPS) is 10.5. The molecule has 0 radical (unpaired) electrons. The lowest BCUT2D eigenvalue weighted by Crippen LogP contribution is -2.28. The summed E-state index contributed by atoms with van der Waals surface area (Å²) in [7, 11) is 0. The molecular weight excluding hydrogens is 190 g/mol. The van der Waals surface area contributed by atoms with Gasteiger partial charge in [0.25, 0.3) is 5.69 Å². The van der Waals surface area contributed by atoms with E-state index in [0.717, 1.165) is 22.5 Å². The number of furan rings is 1. The molecule has 2 heterocycles. The molecule has 15 heavy (non-hydrogen) atoms. The molecule has 0 fully saturated rings. The lowest BCUT2D eigenvalue weighted by atomic mass is 10.2. The molecule has 2 aromatic heterocycles. The highest BCUT2D eigenvalue weighted by atomic mass is 16.5. The maximum Gasteiger partial charge on any atom is 0.259 e. The van der Waals surface area contributed by atoms with Gasteiger partial charge in [-0.25, -0.2) is 0 Å². The van der Waals surface area contributed by atoms with Crippen molar-refractivity contribution < 1.29 is 9.15 Å². The fourth-order valence-corrected chi connectivity index (χ4v) is 1.48. The summed E-state index contributed by atoms with van der Waals surface area (Å²) in [5.41, 5.74) is 1.50. The van der Waals surface area contributed by atoms with Gasteiger partial charge in [-0.2, -0.15) is 4.73 Å². The average molecular weight is 203 g/mol. The fourth-order valence-electron chi connectivity index (χ4n) is 1.48. The molecule has 0 aliphatic carbocycles. The topological polar surface area (TPSA) is 40.1 Å². The summed E-state index contributed by atoms with van der Waals surface area (Å²) >= 11 is 0. The predicted octanol–water partition coefficient (Wildman–Crippen LogP) is 2.45. The number of hydrogen-bond donors (Lipinski definition) is 0. The summed E-state index contributed by atoms with van der Waals surface area (Å²) < 4.78 is 6.36. The Morgan fingerprint density at radius 2 is 2.07 bits per heavy atom. The molecule has 0 spiro atoms. The van der Waals surface area contributed by atoms with E-state index in [9.17, 15) is 5.21 Å². The van der Waals surface area contributed by atoms with Crippen molar-refractivity contribution in [3.05, 3.63) is 47.0 Å². The van der Waals surface area contributed by atoms with Crippen LogP contribution in [-0.4, -0.2) is 0 Å². The number of nitrogens with zero attached hydrogens (tertiary/aromatic N) is 1. The maximum atomic E-state index is 11.6. The van der Waals surface area contributed by atoms with E-state index < -0.39 is 0 Å². The summed E-state index contributed by atoms with van der Waals surface area (Å²) in [6.07, 6.45) is 2.38. The number of hydrogen-bond acceptors (Lipinski definition) is 2. The maximum absolute atomic E-state index is 11.6. The average Bonchev–Trinajstić information content (AvgIpc) is 2.66. The molecule has 3 nitrogen and oxygen atoms in total. The van der Waals surface area contributed by atoms with E-state index in [2.05, 4.69) is 0 Å². The number of aryl methyl sites for hydroxylation is 2. The van der Waals surface area contributed by atoms with E-state index in [1.165, 1.54) is 0 Å². The van der Waals surface area contributed by atoms with Gasteiger partial charge in [-0.3, -0.25) is 0 Å². The second-order valence-electron chi connectivity index (χ2n) is 3.54. The van der Waals surface area contributed by atoms with Crippen LogP contribution in [0.2, 0.25) is 0 Å². The van der Waals surface area contributed by atoms with Gasteiger partial charge in [0.2, 0.25) is 0 Å². The Morgan fingerprint density at radius 1 is 1.27 bits per heavy atom. The quantitative estimate of drug-likeness (QED) is 0.555. The molecule has 78 valence electrons. The third-order valence-corrected chi connectivity index (χ3v) is 2.32. The minimum Gasteiger partial charge on any atom is -0.618 e. The zero-order valence-electron chi connectivity index (χ0n) is 8.86. The lowest BCUT2D eigenvalue weighted by Gasteiger charge is -2.02. The van der Waals surface area contributed by atoms with Crippen molar-refractivity contribution in [3.63, 3.8) is 0 Å². The Kier molecular flexibility index (Phi) is 2.46. The summed E-state index contributed by atoms with van der Waals surface area (Å²) in [5.74, 6) is 1.52. The van der Waals surface area contributed by atoms with Gasteiger partial charge in [-0.1, -0.05) is 6.92 Å². The minimum atomic E-state index is 0.556. The van der Waals surface area contributed by atoms with Gasteiger partial charge in [0.15, 0.2) is 12.0 Å². The molecule has 0 aromatic carbocycles. The Balaban J connectivity index is 2.44. The molecule has 0 amide bonds. The van der Waals surface area contributed by atoms with E-state index in [4.69, 9.17) is 4.42 Å². The summed E-state index contributed by atoms with van der Waals surface area (Å²) in [6.45, 7) is 3.90. The molecule has 2 aromatic rings. The van der Waals surface area contributed by atoms with Gasteiger partial charge >= 0.3 is 0 Å². The zero-order chi connectivity index (χ0) is 10.8. The lowest BCUT2D eigenvalue weighted by molar-refractivity contribution is -0.594. The molecule has 2 rings (SSSR count). The number of pyridine rings is 1. The Bertz CT molecular complexity index is 474. The molecule has 0 saturated carbocycles. The van der Waals surface area contributed by atoms with Crippen LogP contribution in [0.3, 0.4) is 0 Å². The van der Waals surface area contributed by atoms with Crippen LogP contribution in [0.15, 0.2) is 34.9 Å². The van der Waals surface area contributed by atoms with E-state index in [1.807, 2.05) is 32.0 Å². The van der Waals surface area contributed by atoms with Crippen LogP contribution in [0.4, 0.5) is 0 Å². The van der Waals surface area contributed by atoms with E-state index >= 15 is 0 Å². The Morgan fingerprint density at radius 3 is 2.67 bits per heavy atom. The molecule has 0 atom stereocenters. The molecular formula is C12H13NO2. The van der Waals surface area contributed by atoms with Crippen molar-refractivity contribution in [2.75, 3.05) is 0 Å². The van der Waals surface area contributed by atoms with Crippen LogP contribution in [0, 0.1) is 12.1 Å². The van der Waals surface area contributed by atoms with Gasteiger partial charge < -0.3 is 9.62 Å². The van der Waals surface area contributed by atoms with E-state index in [-0.39, 0.29) is 0 Å². The van der Waals surface area contributed by atoms with Gasteiger partial charge in [0.1, 0.15) is 5.76 Å². The van der Waals surface area contributed by atoms with Crippen molar-refractivity contribution in [2.45, 2.75) is 20.3 Å². The van der Waals surface area contributed by atoms with Crippen molar-refractivity contribution >= 4 is 0 Å². The van der Waals surface area contributed by atoms with E-state index in [1.54, 1.807) is 12.3 Å². The van der Waals surface area contributed by atoms with Crippen LogP contribution >= 0.6 is 0 Å². The van der Waals surface area contributed by atoms with Crippen LogP contribution < -0.4 is 4.73 Å². The smallest absolute Gasteiger partial charge is 0.259 e. The highest BCUT2D eigenvalue weighted by Crippen LogP contribution is 2.19. The van der Waals surface area contributed by atoms with Gasteiger partial charge in [0.05, 0.1) is 0 Å². The van der Waals surface area contributed by atoms with Crippen LogP contribution in [0.25, 0.3) is 11.5 Å². The molecule has 0 bridgehead atoms. The van der Waals surface area contributed by atoms with Crippen molar-refractivity contribution in [1.29, 1.82) is 0 Å². The zero-order valence-corrected chi connectivity index (χ0v) is 8.86. The van der Waals surface area contributed by atoms with Crippen LogP contribution in [-0.2, 0) is 6.42 Å². The molecule has 0 aliphatic rings. The second kappa shape index (κ2) is 3.77. The van der Waals surface area contributed by atoms with Crippen LogP contribution in [0.5, 0.6) is 0 Å². The first-order chi connectivity index (χ1) is 7.20. The standard InChI is InChI=1S/C12H13NO2/c1-3-10-5-7-12(15-10)11-6-4-9(2)8-13(11)14/h4-8H,3H2,1-2H3. The molecule has 0 saturated heterocycles. The monoisotopic (exact) mass is 203 g/mol. The highest BCUT2D eigenvalue weighted by molar-refractivity contribution is 5.48. The molecule has 0 unspecified atom stereocenters. The van der Waals surface area contributed by atoms with E-state index in [0.29, 0.717) is 11.5 Å². The van der Waals surface area contributed by atoms with Crippen molar-refractivity contribution in [1.82, 2.24) is 0 Å². The first-order valence-electron chi connectivity index (χ1n) is 4.99. The summed E-state index contributed by atoms with van der Waals surface area (Å²) in [4.78, 5) is 0.